The first-order chi connectivity index (χ1) is 11.5. The molecule has 1 aromatic carbocycles. The molecule has 2 aliphatic rings. The monoisotopic (exact) mass is 332 g/mol. The second kappa shape index (κ2) is 6.55. The van der Waals surface area contributed by atoms with Crippen LogP contribution in [0.1, 0.15) is 19.4 Å². The highest BCUT2D eigenvalue weighted by Gasteiger charge is 2.66. The summed E-state index contributed by atoms with van der Waals surface area (Å²) in [7, 11) is 1.32. The Morgan fingerprint density at radius 2 is 1.62 bits per heavy atom. The number of ether oxygens (including phenoxy) is 2. The zero-order valence-electron chi connectivity index (χ0n) is 14.2. The van der Waals surface area contributed by atoms with Crippen molar-refractivity contribution in [2.75, 3.05) is 7.11 Å². The van der Waals surface area contributed by atoms with Gasteiger partial charge in [0.05, 0.1) is 31.7 Å². The summed E-state index contributed by atoms with van der Waals surface area (Å²) in [4.78, 5) is 24.1. The summed E-state index contributed by atoms with van der Waals surface area (Å²) in [6, 6.07) is 9.81. The van der Waals surface area contributed by atoms with Crippen LogP contribution in [-0.2, 0) is 25.7 Å². The summed E-state index contributed by atoms with van der Waals surface area (Å²) in [5.41, 5.74) is 1.05. The van der Waals surface area contributed by atoms with Crippen LogP contribution in [0.3, 0.4) is 0 Å². The topological polar surface area (TPSA) is 72.8 Å². The summed E-state index contributed by atoms with van der Waals surface area (Å²) < 4.78 is 11.1. The van der Waals surface area contributed by atoms with E-state index in [1.807, 2.05) is 30.3 Å². The Kier molecular flexibility index (Phi) is 4.63. The van der Waals surface area contributed by atoms with E-state index in [1.165, 1.54) is 7.11 Å². The third kappa shape index (κ3) is 2.61. The second-order valence-electron chi connectivity index (χ2n) is 7.05. The van der Waals surface area contributed by atoms with Crippen molar-refractivity contribution in [1.29, 1.82) is 0 Å². The van der Waals surface area contributed by atoms with Crippen molar-refractivity contribution in [2.45, 2.75) is 26.6 Å². The average Bonchev–Trinajstić information content (AvgIpc) is 3.04. The number of hydrogen-bond acceptors (Lipinski definition) is 4. The average molecular weight is 332 g/mol. The second-order valence-corrected chi connectivity index (χ2v) is 7.05. The van der Waals surface area contributed by atoms with Crippen molar-refractivity contribution >= 4 is 11.9 Å². The first kappa shape index (κ1) is 17.0. The molecule has 0 amide bonds. The van der Waals surface area contributed by atoms with Gasteiger partial charge in [-0.25, -0.2) is 0 Å². The predicted octanol–water partition coefficient (Wildman–Crippen LogP) is 2.59. The molecule has 0 aliphatic heterocycles. The zero-order chi connectivity index (χ0) is 17.4. The third-order valence-corrected chi connectivity index (χ3v) is 6.06. The van der Waals surface area contributed by atoms with E-state index in [9.17, 15) is 14.7 Å². The van der Waals surface area contributed by atoms with Gasteiger partial charge in [-0.3, -0.25) is 9.59 Å². The molecule has 2 bridgehead atoms. The molecule has 24 heavy (non-hydrogen) atoms. The van der Waals surface area contributed by atoms with Gasteiger partial charge in [0.25, 0.3) is 0 Å². The molecule has 5 nitrogen and oxygen atoms in total. The van der Waals surface area contributed by atoms with Crippen molar-refractivity contribution in [3.63, 3.8) is 0 Å². The van der Waals surface area contributed by atoms with Crippen molar-refractivity contribution in [3.8, 4) is 0 Å². The molecule has 5 heteroatoms. The quantitative estimate of drug-likeness (QED) is 0.839. The molecule has 2 aliphatic carbocycles. The lowest BCUT2D eigenvalue weighted by atomic mass is 9.69. The number of carbonyl (C=O) groups excluding carboxylic acids is 1. The maximum absolute atomic E-state index is 12.2. The Hall–Kier alpha value is -1.88. The smallest absolute Gasteiger partial charge is 0.309 e. The predicted molar refractivity (Wildman–Crippen MR) is 87.0 cm³/mol. The van der Waals surface area contributed by atoms with Crippen LogP contribution in [0.2, 0.25) is 0 Å². The van der Waals surface area contributed by atoms with Gasteiger partial charge in [0, 0.05) is 11.8 Å². The molecule has 0 saturated heterocycles. The van der Waals surface area contributed by atoms with E-state index in [-0.39, 0.29) is 29.8 Å². The molecular weight excluding hydrogens is 308 g/mol. The maximum atomic E-state index is 12.2. The van der Waals surface area contributed by atoms with Crippen LogP contribution in [0.5, 0.6) is 0 Å². The number of carboxylic acids is 1. The fraction of sp³-hybridized carbons (Fsp3) is 0.579. The van der Waals surface area contributed by atoms with Gasteiger partial charge in [0.15, 0.2) is 0 Å². The Balaban J connectivity index is 1.86. The highest BCUT2D eigenvalue weighted by atomic mass is 16.5. The first-order valence-corrected chi connectivity index (χ1v) is 8.43. The Morgan fingerprint density at radius 3 is 2.17 bits per heavy atom. The molecule has 0 heterocycles. The number of carbonyl (C=O) groups is 2. The van der Waals surface area contributed by atoms with Gasteiger partial charge < -0.3 is 14.6 Å². The minimum Gasteiger partial charge on any atom is -0.481 e. The molecule has 1 N–H and O–H groups in total. The lowest BCUT2D eigenvalue weighted by Crippen LogP contribution is -2.41. The van der Waals surface area contributed by atoms with Gasteiger partial charge in [-0.2, -0.15) is 0 Å². The molecule has 7 atom stereocenters. The molecule has 1 aromatic rings. The maximum Gasteiger partial charge on any atom is 0.309 e. The molecule has 0 radical (unpaired) electrons. The number of rotatable bonds is 5. The molecule has 0 aromatic heterocycles. The molecule has 3 rings (SSSR count). The molecule has 130 valence electrons. The van der Waals surface area contributed by atoms with Crippen molar-refractivity contribution < 1.29 is 24.2 Å². The standard InChI is InChI=1S/C19H24O5/c1-10-11(2)14-16(19(22)23-3)15(18(20)21)13(10)17(14)24-9-12-7-5-4-6-8-12/h4-8,10-11,13-17H,9H2,1-3H3,(H,20,21)/t10?,11?,13?,14?,15?,16-,17?/m0/s1. The summed E-state index contributed by atoms with van der Waals surface area (Å²) >= 11 is 0. The number of aliphatic carboxylic acids is 1. The fourth-order valence-corrected chi connectivity index (χ4v) is 4.84. The summed E-state index contributed by atoms with van der Waals surface area (Å²) in [5, 5.41) is 9.69. The van der Waals surface area contributed by atoms with E-state index in [2.05, 4.69) is 13.8 Å². The molecule has 0 spiro atoms. The van der Waals surface area contributed by atoms with Crippen LogP contribution in [-0.4, -0.2) is 30.3 Å². The minimum atomic E-state index is -0.926. The van der Waals surface area contributed by atoms with Crippen LogP contribution in [0.15, 0.2) is 30.3 Å². The van der Waals surface area contributed by atoms with E-state index in [0.717, 1.165) is 5.56 Å². The zero-order valence-corrected chi connectivity index (χ0v) is 14.2. The summed E-state index contributed by atoms with van der Waals surface area (Å²) in [5.74, 6) is -2.53. The van der Waals surface area contributed by atoms with Gasteiger partial charge in [-0.1, -0.05) is 44.2 Å². The summed E-state index contributed by atoms with van der Waals surface area (Å²) in [6.45, 7) is 4.58. The number of fused-ring (bicyclic) bond motifs is 2. The minimum absolute atomic E-state index is 0.109. The van der Waals surface area contributed by atoms with Crippen LogP contribution in [0.25, 0.3) is 0 Å². The molecule has 2 fully saturated rings. The molecule has 2 saturated carbocycles. The number of esters is 1. The number of methoxy groups -OCH3 is 1. The number of carboxylic acid groups (broad SMARTS) is 1. The van der Waals surface area contributed by atoms with E-state index in [0.29, 0.717) is 6.61 Å². The SMILES string of the molecule is COC(=O)[C@@H]1C(C(=O)O)C2C(C)C(C)C1C2OCc1ccccc1. The Bertz CT molecular complexity index is 613. The fourth-order valence-electron chi connectivity index (χ4n) is 4.84. The highest BCUT2D eigenvalue weighted by Crippen LogP contribution is 2.59. The molecule has 6 unspecified atom stereocenters. The highest BCUT2D eigenvalue weighted by molar-refractivity contribution is 5.83. The van der Waals surface area contributed by atoms with E-state index in [1.54, 1.807) is 0 Å². The largest absolute Gasteiger partial charge is 0.481 e. The third-order valence-electron chi connectivity index (χ3n) is 6.06. The Labute approximate surface area is 142 Å². The number of benzene rings is 1. The first-order valence-electron chi connectivity index (χ1n) is 8.43. The van der Waals surface area contributed by atoms with Gasteiger partial charge in [-0.15, -0.1) is 0 Å². The van der Waals surface area contributed by atoms with Crippen molar-refractivity contribution in [1.82, 2.24) is 0 Å². The van der Waals surface area contributed by atoms with Crippen molar-refractivity contribution in [2.24, 2.45) is 35.5 Å². The van der Waals surface area contributed by atoms with E-state index >= 15 is 0 Å². The van der Waals surface area contributed by atoms with E-state index < -0.39 is 23.8 Å². The molecular formula is C19H24O5. The lowest BCUT2D eigenvalue weighted by Gasteiger charge is -2.33. The van der Waals surface area contributed by atoms with Gasteiger partial charge >= 0.3 is 11.9 Å². The number of hydrogen-bond donors (Lipinski definition) is 1. The normalized spacial score (nSPS) is 37.4. The van der Waals surface area contributed by atoms with Crippen LogP contribution in [0, 0.1) is 35.5 Å². The van der Waals surface area contributed by atoms with Crippen molar-refractivity contribution in [3.05, 3.63) is 35.9 Å². The summed E-state index contributed by atoms with van der Waals surface area (Å²) in [6.07, 6.45) is -0.222. The van der Waals surface area contributed by atoms with Crippen LogP contribution >= 0.6 is 0 Å². The lowest BCUT2D eigenvalue weighted by molar-refractivity contribution is -0.160. The van der Waals surface area contributed by atoms with Crippen LogP contribution < -0.4 is 0 Å². The van der Waals surface area contributed by atoms with Gasteiger partial charge in [0.2, 0.25) is 0 Å². The van der Waals surface area contributed by atoms with E-state index in [4.69, 9.17) is 9.47 Å². The van der Waals surface area contributed by atoms with Gasteiger partial charge in [-0.05, 0) is 17.4 Å². The Morgan fingerprint density at radius 1 is 1.04 bits per heavy atom. The van der Waals surface area contributed by atoms with Crippen LogP contribution in [0.4, 0.5) is 0 Å². The van der Waals surface area contributed by atoms with Gasteiger partial charge in [0.1, 0.15) is 0 Å².